The summed E-state index contributed by atoms with van der Waals surface area (Å²) in [5, 5.41) is 0. The standard InChI is InChI=1S/C14H8F4N2O/c15-12-8(2-1-3-9(12)14(16,17)18)13-20-10-5-4-7(19)6-11(10)21-13/h1-6H,19H2. The number of fused-ring (bicyclic) bond motifs is 1. The summed E-state index contributed by atoms with van der Waals surface area (Å²) < 4.78 is 57.4. The van der Waals surface area contributed by atoms with Crippen molar-refractivity contribution in [2.75, 3.05) is 5.73 Å². The number of nitrogens with two attached hydrogens (primary N) is 1. The molecule has 0 saturated heterocycles. The van der Waals surface area contributed by atoms with Gasteiger partial charge in [0.05, 0.1) is 11.1 Å². The van der Waals surface area contributed by atoms with Crippen LogP contribution in [0.15, 0.2) is 40.8 Å². The lowest BCUT2D eigenvalue weighted by atomic mass is 10.1. The smallest absolute Gasteiger partial charge is 0.419 e. The zero-order valence-electron chi connectivity index (χ0n) is 10.4. The highest BCUT2D eigenvalue weighted by Gasteiger charge is 2.35. The van der Waals surface area contributed by atoms with Crippen molar-refractivity contribution in [1.29, 1.82) is 0 Å². The first-order valence-electron chi connectivity index (χ1n) is 5.88. The van der Waals surface area contributed by atoms with Crippen LogP contribution in [0, 0.1) is 5.82 Å². The highest BCUT2D eigenvalue weighted by molar-refractivity contribution is 5.79. The number of aromatic nitrogens is 1. The first-order chi connectivity index (χ1) is 9.86. The minimum atomic E-state index is -4.78. The summed E-state index contributed by atoms with van der Waals surface area (Å²) in [6.07, 6.45) is -4.78. The molecular weight excluding hydrogens is 288 g/mol. The molecule has 0 spiro atoms. The molecule has 108 valence electrons. The molecule has 2 aromatic carbocycles. The second kappa shape index (κ2) is 4.47. The van der Waals surface area contributed by atoms with Crippen LogP contribution in [0.4, 0.5) is 23.2 Å². The van der Waals surface area contributed by atoms with Gasteiger partial charge in [0.15, 0.2) is 5.58 Å². The zero-order chi connectivity index (χ0) is 15.2. The van der Waals surface area contributed by atoms with Crippen LogP contribution in [0.2, 0.25) is 0 Å². The number of hydrogen-bond acceptors (Lipinski definition) is 3. The number of oxazole rings is 1. The summed E-state index contributed by atoms with van der Waals surface area (Å²) >= 11 is 0. The highest BCUT2D eigenvalue weighted by atomic mass is 19.4. The molecule has 1 aromatic heterocycles. The number of anilines is 1. The van der Waals surface area contributed by atoms with Gasteiger partial charge in [0.25, 0.3) is 0 Å². The van der Waals surface area contributed by atoms with E-state index in [0.717, 1.165) is 6.07 Å². The molecule has 3 nitrogen and oxygen atoms in total. The lowest BCUT2D eigenvalue weighted by Gasteiger charge is -2.09. The first kappa shape index (κ1) is 13.4. The van der Waals surface area contributed by atoms with Gasteiger partial charge in [0.2, 0.25) is 5.89 Å². The third kappa shape index (κ3) is 2.31. The number of halogens is 4. The number of hydrogen-bond donors (Lipinski definition) is 1. The van der Waals surface area contributed by atoms with E-state index in [-0.39, 0.29) is 17.0 Å². The minimum Gasteiger partial charge on any atom is -0.436 e. The average molecular weight is 296 g/mol. The van der Waals surface area contributed by atoms with E-state index in [2.05, 4.69) is 4.98 Å². The van der Waals surface area contributed by atoms with E-state index in [0.29, 0.717) is 17.3 Å². The Balaban J connectivity index is 2.19. The molecule has 0 saturated carbocycles. The molecule has 1 heterocycles. The maximum Gasteiger partial charge on any atom is 0.419 e. The third-order valence-corrected chi connectivity index (χ3v) is 2.95. The second-order valence-electron chi connectivity index (χ2n) is 4.41. The number of nitrogens with zero attached hydrogens (tertiary/aromatic N) is 1. The molecule has 0 aliphatic carbocycles. The highest BCUT2D eigenvalue weighted by Crippen LogP contribution is 2.36. The third-order valence-electron chi connectivity index (χ3n) is 2.95. The Hall–Kier alpha value is -2.57. The Morgan fingerprint density at radius 1 is 1.10 bits per heavy atom. The van der Waals surface area contributed by atoms with Crippen molar-refractivity contribution in [3.63, 3.8) is 0 Å². The molecule has 7 heteroatoms. The van der Waals surface area contributed by atoms with Gasteiger partial charge in [-0.15, -0.1) is 0 Å². The van der Waals surface area contributed by atoms with Gasteiger partial charge in [-0.05, 0) is 24.3 Å². The van der Waals surface area contributed by atoms with E-state index in [9.17, 15) is 17.6 Å². The summed E-state index contributed by atoms with van der Waals surface area (Å²) in [6, 6.07) is 7.53. The van der Waals surface area contributed by atoms with E-state index in [1.54, 1.807) is 12.1 Å². The summed E-state index contributed by atoms with van der Waals surface area (Å²) in [5.41, 5.74) is 4.94. The molecule has 3 rings (SSSR count). The van der Waals surface area contributed by atoms with Crippen molar-refractivity contribution in [2.24, 2.45) is 0 Å². The number of rotatable bonds is 1. The van der Waals surface area contributed by atoms with Crippen LogP contribution in [0.25, 0.3) is 22.6 Å². The topological polar surface area (TPSA) is 52.0 Å². The largest absolute Gasteiger partial charge is 0.436 e. The number of alkyl halides is 3. The zero-order valence-corrected chi connectivity index (χ0v) is 10.4. The van der Waals surface area contributed by atoms with Crippen LogP contribution in [-0.4, -0.2) is 4.98 Å². The number of nitrogen functional groups attached to an aromatic ring is 1. The normalized spacial score (nSPS) is 12.0. The summed E-state index contributed by atoms with van der Waals surface area (Å²) in [4.78, 5) is 3.98. The van der Waals surface area contributed by atoms with Crippen LogP contribution >= 0.6 is 0 Å². The fourth-order valence-corrected chi connectivity index (χ4v) is 1.97. The van der Waals surface area contributed by atoms with Gasteiger partial charge in [-0.2, -0.15) is 13.2 Å². The SMILES string of the molecule is Nc1ccc2nc(-c3cccc(C(F)(F)F)c3F)oc2c1. The Bertz CT molecular complexity index is 823. The molecule has 0 fully saturated rings. The lowest BCUT2D eigenvalue weighted by molar-refractivity contribution is -0.139. The second-order valence-corrected chi connectivity index (χ2v) is 4.41. The number of benzene rings is 2. The predicted molar refractivity (Wildman–Crippen MR) is 68.8 cm³/mol. The van der Waals surface area contributed by atoms with Gasteiger partial charge in [-0.1, -0.05) is 6.07 Å². The van der Waals surface area contributed by atoms with Crippen molar-refractivity contribution in [1.82, 2.24) is 4.98 Å². The molecule has 0 radical (unpaired) electrons. The van der Waals surface area contributed by atoms with E-state index >= 15 is 0 Å². The molecule has 3 aromatic rings. The van der Waals surface area contributed by atoms with Crippen LogP contribution in [0.3, 0.4) is 0 Å². The maximum atomic E-state index is 14.0. The van der Waals surface area contributed by atoms with E-state index in [1.807, 2.05) is 0 Å². The predicted octanol–water partition coefficient (Wildman–Crippen LogP) is 4.23. The summed E-state index contributed by atoms with van der Waals surface area (Å²) in [7, 11) is 0. The van der Waals surface area contributed by atoms with E-state index < -0.39 is 17.6 Å². The molecule has 21 heavy (non-hydrogen) atoms. The van der Waals surface area contributed by atoms with Crippen molar-refractivity contribution in [3.05, 3.63) is 47.8 Å². The van der Waals surface area contributed by atoms with E-state index in [1.165, 1.54) is 12.1 Å². The van der Waals surface area contributed by atoms with Gasteiger partial charge in [0.1, 0.15) is 11.3 Å². The average Bonchev–Trinajstić information content (AvgIpc) is 2.80. The molecule has 2 N–H and O–H groups in total. The molecule has 0 unspecified atom stereocenters. The quantitative estimate of drug-likeness (QED) is 0.540. The molecule has 0 aliphatic rings. The summed E-state index contributed by atoms with van der Waals surface area (Å²) in [5.74, 6) is -1.64. The van der Waals surface area contributed by atoms with Crippen molar-refractivity contribution in [2.45, 2.75) is 6.18 Å². The van der Waals surface area contributed by atoms with Crippen molar-refractivity contribution >= 4 is 16.8 Å². The van der Waals surface area contributed by atoms with E-state index in [4.69, 9.17) is 10.2 Å². The first-order valence-corrected chi connectivity index (χ1v) is 5.88. The van der Waals surface area contributed by atoms with Gasteiger partial charge < -0.3 is 10.2 Å². The van der Waals surface area contributed by atoms with Gasteiger partial charge >= 0.3 is 6.18 Å². The van der Waals surface area contributed by atoms with Gasteiger partial charge in [-0.3, -0.25) is 0 Å². The fourth-order valence-electron chi connectivity index (χ4n) is 1.97. The van der Waals surface area contributed by atoms with Crippen LogP contribution < -0.4 is 5.73 Å². The monoisotopic (exact) mass is 296 g/mol. The molecule has 0 bridgehead atoms. The molecule has 0 atom stereocenters. The molecule has 0 amide bonds. The Labute approximate surface area is 116 Å². The van der Waals surface area contributed by atoms with Crippen molar-refractivity contribution in [3.8, 4) is 11.5 Å². The lowest BCUT2D eigenvalue weighted by Crippen LogP contribution is -2.08. The van der Waals surface area contributed by atoms with Crippen LogP contribution in [0.1, 0.15) is 5.56 Å². The Morgan fingerprint density at radius 3 is 2.57 bits per heavy atom. The Kier molecular flexibility index (Phi) is 2.86. The van der Waals surface area contributed by atoms with Gasteiger partial charge in [0, 0.05) is 11.8 Å². The van der Waals surface area contributed by atoms with Gasteiger partial charge in [-0.25, -0.2) is 9.37 Å². The molecular formula is C14H8F4N2O. The van der Waals surface area contributed by atoms with Crippen LogP contribution in [0.5, 0.6) is 0 Å². The van der Waals surface area contributed by atoms with Crippen LogP contribution in [-0.2, 0) is 6.18 Å². The Morgan fingerprint density at radius 2 is 1.86 bits per heavy atom. The molecule has 0 aliphatic heterocycles. The maximum absolute atomic E-state index is 14.0. The summed E-state index contributed by atoms with van der Waals surface area (Å²) in [6.45, 7) is 0. The van der Waals surface area contributed by atoms with Crippen molar-refractivity contribution < 1.29 is 22.0 Å². The fraction of sp³-hybridized carbons (Fsp3) is 0.0714. The minimum absolute atomic E-state index is 0.223.